The van der Waals surface area contributed by atoms with Crippen molar-refractivity contribution in [3.05, 3.63) is 17.8 Å². The Labute approximate surface area is 97.5 Å². The lowest BCUT2D eigenvalue weighted by atomic mass is 10.1. The van der Waals surface area contributed by atoms with Crippen LogP contribution in [0.25, 0.3) is 0 Å². The first-order chi connectivity index (χ1) is 7.75. The van der Waals surface area contributed by atoms with Gasteiger partial charge in [0, 0.05) is 6.04 Å². The van der Waals surface area contributed by atoms with Gasteiger partial charge in [-0.05, 0) is 31.9 Å². The molecule has 16 heavy (non-hydrogen) atoms. The summed E-state index contributed by atoms with van der Waals surface area (Å²) in [7, 11) is 0. The fourth-order valence-electron chi connectivity index (χ4n) is 2.29. The van der Waals surface area contributed by atoms with Crippen LogP contribution in [-0.2, 0) is 0 Å². The van der Waals surface area contributed by atoms with Gasteiger partial charge in [0.1, 0.15) is 5.82 Å². The van der Waals surface area contributed by atoms with Crippen LogP contribution in [-0.4, -0.2) is 11.0 Å². The molecule has 3 heteroatoms. The van der Waals surface area contributed by atoms with Gasteiger partial charge in [-0.25, -0.2) is 4.98 Å². The summed E-state index contributed by atoms with van der Waals surface area (Å²) in [5.41, 5.74) is 7.44. The third-order valence-electron chi connectivity index (χ3n) is 3.33. The fourth-order valence-corrected chi connectivity index (χ4v) is 2.29. The van der Waals surface area contributed by atoms with Gasteiger partial charge in [-0.1, -0.05) is 25.7 Å². The second-order valence-electron chi connectivity index (χ2n) is 4.70. The van der Waals surface area contributed by atoms with Crippen molar-refractivity contribution in [2.24, 2.45) is 0 Å². The van der Waals surface area contributed by atoms with Crippen molar-refractivity contribution < 1.29 is 0 Å². The Hall–Kier alpha value is -1.25. The van der Waals surface area contributed by atoms with Crippen LogP contribution < -0.4 is 11.1 Å². The zero-order valence-electron chi connectivity index (χ0n) is 10.00. The summed E-state index contributed by atoms with van der Waals surface area (Å²) >= 11 is 0. The van der Waals surface area contributed by atoms with Gasteiger partial charge in [0.2, 0.25) is 0 Å². The van der Waals surface area contributed by atoms with E-state index in [4.69, 9.17) is 5.73 Å². The molecule has 1 aliphatic rings. The van der Waals surface area contributed by atoms with E-state index in [2.05, 4.69) is 10.3 Å². The minimum absolute atomic E-state index is 0.595. The number of nitrogens with two attached hydrogens (primary N) is 1. The number of nitrogens with zero attached hydrogens (tertiary/aromatic N) is 1. The number of nitrogen functional groups attached to an aromatic ring is 1. The number of aryl methyl sites for hydroxylation is 1. The summed E-state index contributed by atoms with van der Waals surface area (Å²) < 4.78 is 0. The minimum Gasteiger partial charge on any atom is -0.397 e. The molecule has 0 atom stereocenters. The van der Waals surface area contributed by atoms with Crippen LogP contribution in [0.5, 0.6) is 0 Å². The summed E-state index contributed by atoms with van der Waals surface area (Å²) in [5, 5.41) is 3.52. The Morgan fingerprint density at radius 3 is 2.50 bits per heavy atom. The first-order valence-electron chi connectivity index (χ1n) is 6.25. The van der Waals surface area contributed by atoms with Gasteiger partial charge < -0.3 is 11.1 Å². The molecule has 1 fully saturated rings. The molecular formula is C13H21N3. The molecule has 0 aromatic carbocycles. The van der Waals surface area contributed by atoms with Gasteiger partial charge in [0.15, 0.2) is 0 Å². The van der Waals surface area contributed by atoms with E-state index >= 15 is 0 Å². The van der Waals surface area contributed by atoms with Crippen LogP contribution in [0.3, 0.4) is 0 Å². The summed E-state index contributed by atoms with van der Waals surface area (Å²) in [6.07, 6.45) is 7.98. The number of rotatable bonds is 2. The maximum Gasteiger partial charge on any atom is 0.126 e. The normalized spacial score (nSPS) is 18.1. The summed E-state index contributed by atoms with van der Waals surface area (Å²) in [6, 6.07) is 4.51. The Kier molecular flexibility index (Phi) is 3.65. The number of hydrogen-bond acceptors (Lipinski definition) is 3. The molecule has 0 unspecified atom stereocenters. The Balaban J connectivity index is 1.99. The van der Waals surface area contributed by atoms with Crippen molar-refractivity contribution in [1.29, 1.82) is 0 Å². The van der Waals surface area contributed by atoms with Crippen molar-refractivity contribution in [3.8, 4) is 0 Å². The highest BCUT2D eigenvalue weighted by molar-refractivity contribution is 5.49. The van der Waals surface area contributed by atoms with Crippen molar-refractivity contribution in [2.45, 2.75) is 51.5 Å². The largest absolute Gasteiger partial charge is 0.397 e. The zero-order chi connectivity index (χ0) is 11.4. The van der Waals surface area contributed by atoms with E-state index in [1.54, 1.807) is 0 Å². The van der Waals surface area contributed by atoms with Crippen LogP contribution in [0.4, 0.5) is 11.5 Å². The van der Waals surface area contributed by atoms with Crippen LogP contribution in [0.2, 0.25) is 0 Å². The van der Waals surface area contributed by atoms with Crippen LogP contribution in [0, 0.1) is 6.92 Å². The Bertz CT molecular complexity index is 341. The number of nitrogens with one attached hydrogen (secondary N) is 1. The summed E-state index contributed by atoms with van der Waals surface area (Å²) in [6.45, 7) is 1.95. The lowest BCUT2D eigenvalue weighted by molar-refractivity contribution is 0.617. The molecule has 0 saturated heterocycles. The molecule has 3 N–H and O–H groups in total. The Morgan fingerprint density at radius 1 is 1.19 bits per heavy atom. The Morgan fingerprint density at radius 2 is 1.88 bits per heavy atom. The van der Waals surface area contributed by atoms with Crippen LogP contribution in [0.1, 0.15) is 44.2 Å². The van der Waals surface area contributed by atoms with Gasteiger partial charge in [-0.15, -0.1) is 0 Å². The van der Waals surface area contributed by atoms with Gasteiger partial charge in [0.25, 0.3) is 0 Å². The second-order valence-corrected chi connectivity index (χ2v) is 4.70. The highest BCUT2D eigenvalue weighted by atomic mass is 15.0. The van der Waals surface area contributed by atoms with E-state index in [1.165, 1.54) is 38.5 Å². The molecule has 1 aromatic heterocycles. The topological polar surface area (TPSA) is 50.9 Å². The number of anilines is 2. The van der Waals surface area contributed by atoms with Gasteiger partial charge in [-0.3, -0.25) is 0 Å². The van der Waals surface area contributed by atoms with Crippen molar-refractivity contribution in [3.63, 3.8) is 0 Å². The molecule has 3 nitrogen and oxygen atoms in total. The molecule has 1 aromatic rings. The lowest BCUT2D eigenvalue weighted by Crippen LogP contribution is -2.19. The average Bonchev–Trinajstić information content (AvgIpc) is 2.52. The fraction of sp³-hybridized carbons (Fsp3) is 0.615. The summed E-state index contributed by atoms with van der Waals surface area (Å²) in [4.78, 5) is 4.46. The second kappa shape index (κ2) is 5.19. The van der Waals surface area contributed by atoms with Gasteiger partial charge >= 0.3 is 0 Å². The zero-order valence-corrected chi connectivity index (χ0v) is 10.00. The quantitative estimate of drug-likeness (QED) is 0.751. The van der Waals surface area contributed by atoms with E-state index in [0.29, 0.717) is 6.04 Å². The molecule has 2 rings (SSSR count). The molecular weight excluding hydrogens is 198 g/mol. The first kappa shape index (κ1) is 11.2. The number of pyridine rings is 1. The van der Waals surface area contributed by atoms with E-state index in [1.807, 2.05) is 19.1 Å². The van der Waals surface area contributed by atoms with Crippen molar-refractivity contribution >= 4 is 11.5 Å². The molecule has 0 spiro atoms. The lowest BCUT2D eigenvalue weighted by Gasteiger charge is -2.17. The van der Waals surface area contributed by atoms with E-state index in [9.17, 15) is 0 Å². The molecule has 1 heterocycles. The highest BCUT2D eigenvalue weighted by Crippen LogP contribution is 2.21. The first-order valence-corrected chi connectivity index (χ1v) is 6.25. The molecule has 1 aliphatic carbocycles. The standard InChI is InChI=1S/C13H21N3/c1-10-12(14)8-9-13(15-10)16-11-6-4-2-3-5-7-11/h8-9,11H,2-7,14H2,1H3,(H,15,16). The highest BCUT2D eigenvalue weighted by Gasteiger charge is 2.12. The maximum absolute atomic E-state index is 5.76. The van der Waals surface area contributed by atoms with Gasteiger partial charge in [0.05, 0.1) is 11.4 Å². The SMILES string of the molecule is Cc1nc(NC2CCCCCC2)ccc1N. The molecule has 0 aliphatic heterocycles. The van der Waals surface area contributed by atoms with E-state index in [-0.39, 0.29) is 0 Å². The molecule has 88 valence electrons. The van der Waals surface area contributed by atoms with Crippen LogP contribution in [0.15, 0.2) is 12.1 Å². The van der Waals surface area contributed by atoms with E-state index in [0.717, 1.165) is 17.2 Å². The predicted molar refractivity (Wildman–Crippen MR) is 68.5 cm³/mol. The van der Waals surface area contributed by atoms with Gasteiger partial charge in [-0.2, -0.15) is 0 Å². The maximum atomic E-state index is 5.76. The molecule has 0 bridgehead atoms. The van der Waals surface area contributed by atoms with Crippen molar-refractivity contribution in [1.82, 2.24) is 4.98 Å². The predicted octanol–water partition coefficient (Wildman–Crippen LogP) is 3.11. The molecule has 0 amide bonds. The minimum atomic E-state index is 0.595. The smallest absolute Gasteiger partial charge is 0.126 e. The summed E-state index contributed by atoms with van der Waals surface area (Å²) in [5.74, 6) is 0.971. The third kappa shape index (κ3) is 2.87. The average molecular weight is 219 g/mol. The monoisotopic (exact) mass is 219 g/mol. The molecule has 0 radical (unpaired) electrons. The molecule has 1 saturated carbocycles. The number of aromatic nitrogens is 1. The van der Waals surface area contributed by atoms with Crippen LogP contribution >= 0.6 is 0 Å². The number of hydrogen-bond donors (Lipinski definition) is 2. The third-order valence-corrected chi connectivity index (χ3v) is 3.33. The van der Waals surface area contributed by atoms with Crippen molar-refractivity contribution in [2.75, 3.05) is 11.1 Å². The van der Waals surface area contributed by atoms with E-state index < -0.39 is 0 Å².